The maximum Gasteiger partial charge on any atom is 0.224 e. The van der Waals surface area contributed by atoms with Crippen molar-refractivity contribution in [2.45, 2.75) is 51.4 Å². The number of rotatable bonds is 5. The van der Waals surface area contributed by atoms with E-state index in [2.05, 4.69) is 11.0 Å². The minimum Gasteiger partial charge on any atom is -0.393 e. The number of piperidine rings is 1. The van der Waals surface area contributed by atoms with Crippen LogP contribution in [0.2, 0.25) is 0 Å². The molecule has 0 aromatic carbocycles. The van der Waals surface area contributed by atoms with E-state index in [-0.39, 0.29) is 18.1 Å². The Labute approximate surface area is 154 Å². The predicted molar refractivity (Wildman–Crippen MR) is 96.3 cm³/mol. The van der Waals surface area contributed by atoms with Gasteiger partial charge in [0.25, 0.3) is 0 Å². The zero-order chi connectivity index (χ0) is 18.5. The smallest absolute Gasteiger partial charge is 0.224 e. The molecule has 2 fully saturated rings. The Balaban J connectivity index is 1.61. The van der Waals surface area contributed by atoms with Gasteiger partial charge in [0.05, 0.1) is 19.3 Å². The van der Waals surface area contributed by atoms with Gasteiger partial charge in [0, 0.05) is 51.4 Å². The van der Waals surface area contributed by atoms with E-state index < -0.39 is 0 Å². The van der Waals surface area contributed by atoms with Gasteiger partial charge in [0.1, 0.15) is 11.8 Å². The Morgan fingerprint density at radius 2 is 2.15 bits per heavy atom. The molecule has 2 aliphatic heterocycles. The molecule has 142 valence electrons. The number of amides is 1. The molecular weight excluding hydrogens is 332 g/mol. The first kappa shape index (κ1) is 18.9. The summed E-state index contributed by atoms with van der Waals surface area (Å²) in [6, 6.07) is 4.22. The third-order valence-electron chi connectivity index (χ3n) is 5.37. The van der Waals surface area contributed by atoms with E-state index in [9.17, 15) is 15.2 Å². The van der Waals surface area contributed by atoms with Gasteiger partial charge in [-0.05, 0) is 31.4 Å². The van der Waals surface area contributed by atoms with Crippen molar-refractivity contribution in [1.29, 1.82) is 5.26 Å². The van der Waals surface area contributed by atoms with Gasteiger partial charge in [-0.3, -0.25) is 9.69 Å². The first-order valence-corrected chi connectivity index (χ1v) is 9.47. The summed E-state index contributed by atoms with van der Waals surface area (Å²) in [5.74, 6) is 0.140. The number of carbonyl (C=O) groups is 1. The van der Waals surface area contributed by atoms with Crippen LogP contribution in [0.5, 0.6) is 0 Å². The van der Waals surface area contributed by atoms with Crippen LogP contribution in [0, 0.1) is 11.3 Å². The van der Waals surface area contributed by atoms with Crippen LogP contribution in [0.1, 0.15) is 37.4 Å². The number of aryl methyl sites for hydroxylation is 1. The van der Waals surface area contributed by atoms with Crippen molar-refractivity contribution in [3.63, 3.8) is 0 Å². The molecule has 1 aromatic rings. The quantitative estimate of drug-likeness (QED) is 0.846. The van der Waals surface area contributed by atoms with Gasteiger partial charge in [0.15, 0.2) is 0 Å². The third kappa shape index (κ3) is 4.44. The van der Waals surface area contributed by atoms with Crippen molar-refractivity contribution in [2.75, 3.05) is 32.8 Å². The zero-order valence-corrected chi connectivity index (χ0v) is 15.4. The first-order valence-electron chi connectivity index (χ1n) is 9.47. The number of aliphatic hydroxyl groups excluding tert-OH is 1. The average Bonchev–Trinajstić information content (AvgIpc) is 3.06. The summed E-state index contributed by atoms with van der Waals surface area (Å²) in [7, 11) is 0. The molecule has 1 N–H and O–H groups in total. The summed E-state index contributed by atoms with van der Waals surface area (Å²) in [6.07, 6.45) is 3.52. The van der Waals surface area contributed by atoms with E-state index in [0.717, 1.165) is 25.2 Å². The Morgan fingerprint density at radius 1 is 1.38 bits per heavy atom. The molecular formula is C19H28N4O3. The number of morpholine rings is 1. The number of nitriles is 1. The molecule has 7 heteroatoms. The number of hydrogen-bond acceptors (Lipinski definition) is 5. The lowest BCUT2D eigenvalue weighted by atomic mass is 10.1. The van der Waals surface area contributed by atoms with Gasteiger partial charge in [-0.1, -0.05) is 0 Å². The fourth-order valence-electron chi connectivity index (χ4n) is 3.78. The van der Waals surface area contributed by atoms with Crippen LogP contribution < -0.4 is 0 Å². The Morgan fingerprint density at radius 3 is 2.81 bits per heavy atom. The van der Waals surface area contributed by atoms with Gasteiger partial charge in [0.2, 0.25) is 5.91 Å². The Hall–Kier alpha value is -1.88. The molecule has 0 aliphatic carbocycles. The Bertz CT molecular complexity index is 658. The molecule has 2 saturated heterocycles. The minimum absolute atomic E-state index is 0.0543. The van der Waals surface area contributed by atoms with Crippen molar-refractivity contribution < 1.29 is 14.6 Å². The summed E-state index contributed by atoms with van der Waals surface area (Å²) >= 11 is 0. The molecule has 0 bridgehead atoms. The minimum atomic E-state index is -0.273. The molecule has 7 nitrogen and oxygen atoms in total. The molecule has 0 radical (unpaired) electrons. The maximum atomic E-state index is 12.6. The second-order valence-corrected chi connectivity index (χ2v) is 7.15. The van der Waals surface area contributed by atoms with Gasteiger partial charge < -0.3 is 19.3 Å². The SMILES string of the molecule is CCn1cc(CN2CCOCC2CC(=O)N2CCC(O)CC2)cc1C#N. The van der Waals surface area contributed by atoms with Gasteiger partial charge in [-0.15, -0.1) is 0 Å². The average molecular weight is 360 g/mol. The molecule has 3 heterocycles. The van der Waals surface area contributed by atoms with Crippen molar-refractivity contribution in [2.24, 2.45) is 0 Å². The highest BCUT2D eigenvalue weighted by Crippen LogP contribution is 2.19. The highest BCUT2D eigenvalue weighted by molar-refractivity contribution is 5.77. The van der Waals surface area contributed by atoms with Crippen molar-refractivity contribution in [3.8, 4) is 6.07 Å². The van der Waals surface area contributed by atoms with E-state index >= 15 is 0 Å². The lowest BCUT2D eigenvalue weighted by Gasteiger charge is -2.37. The standard InChI is InChI=1S/C19H28N4O3/c1-2-21-12-15(9-16(21)11-20)13-23-7-8-26-14-17(23)10-19(25)22-5-3-18(24)4-6-22/h9,12,17-18,24H,2-8,10,13-14H2,1H3. The van der Waals surface area contributed by atoms with Crippen LogP contribution in [-0.4, -0.2) is 70.4 Å². The molecule has 3 rings (SSSR count). The lowest BCUT2D eigenvalue weighted by molar-refractivity contribution is -0.136. The second-order valence-electron chi connectivity index (χ2n) is 7.15. The summed E-state index contributed by atoms with van der Waals surface area (Å²) in [5, 5.41) is 18.8. The number of hydrogen-bond donors (Lipinski definition) is 1. The highest BCUT2D eigenvalue weighted by atomic mass is 16.5. The summed E-state index contributed by atoms with van der Waals surface area (Å²) in [4.78, 5) is 16.8. The number of nitrogens with zero attached hydrogens (tertiary/aromatic N) is 4. The van der Waals surface area contributed by atoms with Crippen molar-refractivity contribution in [3.05, 3.63) is 23.5 Å². The molecule has 1 atom stereocenters. The fourth-order valence-corrected chi connectivity index (χ4v) is 3.78. The molecule has 1 aromatic heterocycles. The lowest BCUT2D eigenvalue weighted by Crippen LogP contribution is -2.49. The van der Waals surface area contributed by atoms with Gasteiger partial charge in [-0.2, -0.15) is 5.26 Å². The van der Waals surface area contributed by atoms with Crippen molar-refractivity contribution >= 4 is 5.91 Å². The van der Waals surface area contributed by atoms with Gasteiger partial charge in [-0.25, -0.2) is 0 Å². The van der Waals surface area contributed by atoms with Crippen LogP contribution in [0.3, 0.4) is 0 Å². The second kappa shape index (κ2) is 8.67. The molecule has 0 saturated carbocycles. The number of aliphatic hydroxyl groups is 1. The van der Waals surface area contributed by atoms with Crippen LogP contribution in [0.25, 0.3) is 0 Å². The maximum absolute atomic E-state index is 12.6. The topological polar surface area (TPSA) is 81.7 Å². The first-order chi connectivity index (χ1) is 12.6. The van der Waals surface area contributed by atoms with E-state index in [1.54, 1.807) is 0 Å². The van der Waals surface area contributed by atoms with Gasteiger partial charge >= 0.3 is 0 Å². The highest BCUT2D eigenvalue weighted by Gasteiger charge is 2.29. The van der Waals surface area contributed by atoms with Crippen LogP contribution >= 0.6 is 0 Å². The van der Waals surface area contributed by atoms with E-state index in [1.807, 2.05) is 28.7 Å². The fraction of sp³-hybridized carbons (Fsp3) is 0.684. The predicted octanol–water partition coefficient (Wildman–Crippen LogP) is 0.954. The number of aromatic nitrogens is 1. The monoisotopic (exact) mass is 360 g/mol. The van der Waals surface area contributed by atoms with E-state index in [0.29, 0.717) is 51.3 Å². The number of carbonyl (C=O) groups excluding carboxylic acids is 1. The van der Waals surface area contributed by atoms with Crippen LogP contribution in [0.4, 0.5) is 0 Å². The molecule has 26 heavy (non-hydrogen) atoms. The van der Waals surface area contributed by atoms with E-state index in [4.69, 9.17) is 4.74 Å². The zero-order valence-electron chi connectivity index (χ0n) is 15.4. The molecule has 1 unspecified atom stereocenters. The van der Waals surface area contributed by atoms with Crippen LogP contribution in [-0.2, 0) is 22.6 Å². The number of ether oxygens (including phenoxy) is 1. The van der Waals surface area contributed by atoms with E-state index in [1.165, 1.54) is 0 Å². The number of likely N-dealkylation sites (tertiary alicyclic amines) is 1. The van der Waals surface area contributed by atoms with Crippen molar-refractivity contribution in [1.82, 2.24) is 14.4 Å². The summed E-state index contributed by atoms with van der Waals surface area (Å²) in [6.45, 7) is 6.81. The summed E-state index contributed by atoms with van der Waals surface area (Å²) in [5.41, 5.74) is 1.78. The third-order valence-corrected chi connectivity index (χ3v) is 5.37. The van der Waals surface area contributed by atoms with Crippen LogP contribution in [0.15, 0.2) is 12.3 Å². The molecule has 1 amide bonds. The normalized spacial score (nSPS) is 22.3. The summed E-state index contributed by atoms with van der Waals surface area (Å²) < 4.78 is 7.57. The largest absolute Gasteiger partial charge is 0.393 e. The molecule has 2 aliphatic rings. The Kier molecular flexibility index (Phi) is 6.30. The molecule has 0 spiro atoms.